The molecule has 2 aliphatic rings. The first-order valence-corrected chi connectivity index (χ1v) is 13.3. The van der Waals surface area contributed by atoms with E-state index < -0.39 is 12.5 Å². The van der Waals surface area contributed by atoms with E-state index in [1.54, 1.807) is 12.1 Å². The molecule has 1 aromatic rings. The third kappa shape index (κ3) is 8.79. The van der Waals surface area contributed by atoms with Crippen molar-refractivity contribution in [1.82, 2.24) is 0 Å². The van der Waals surface area contributed by atoms with E-state index in [4.69, 9.17) is 0 Å². The zero-order chi connectivity index (χ0) is 23.7. The minimum Gasteiger partial charge on any atom is -0.452 e. The van der Waals surface area contributed by atoms with Gasteiger partial charge in [0.1, 0.15) is 5.75 Å². The second-order valence-corrected chi connectivity index (χ2v) is 10.6. The van der Waals surface area contributed by atoms with E-state index in [0.29, 0.717) is 5.92 Å². The Hall–Kier alpha value is -1.26. The van der Waals surface area contributed by atoms with Gasteiger partial charge in [0.05, 0.1) is 0 Å². The molecule has 0 heterocycles. The molecule has 0 N–H and O–H groups in total. The molecule has 5 heteroatoms. The Kier molecular flexibility index (Phi) is 10.4. The molecule has 0 aliphatic heterocycles. The van der Waals surface area contributed by atoms with Crippen molar-refractivity contribution < 1.29 is 22.3 Å². The van der Waals surface area contributed by atoms with Crippen LogP contribution in [0, 0.1) is 17.8 Å². The lowest BCUT2D eigenvalue weighted by Gasteiger charge is -2.32. The molecule has 1 atom stereocenters. The largest absolute Gasteiger partial charge is 0.457 e. The topological polar surface area (TPSA) is 9.23 Å². The first kappa shape index (κ1) is 26.3. The molecule has 0 aromatic heterocycles. The van der Waals surface area contributed by atoms with Gasteiger partial charge in [0.25, 0.3) is 0 Å². The molecule has 1 aromatic carbocycles. The minimum atomic E-state index is -5.00. The normalized spacial score (nSPS) is 27.3. The average Bonchev–Trinajstić information content (AvgIpc) is 2.81. The minimum absolute atomic E-state index is 0.0760. The van der Waals surface area contributed by atoms with Gasteiger partial charge in [-0.25, -0.2) is 0 Å². The van der Waals surface area contributed by atoms with Crippen molar-refractivity contribution in [2.75, 3.05) is 0 Å². The van der Waals surface area contributed by atoms with Gasteiger partial charge in [0, 0.05) is 0 Å². The van der Waals surface area contributed by atoms with E-state index in [1.807, 2.05) is 0 Å². The highest BCUT2D eigenvalue weighted by Gasteiger charge is 2.42. The SMILES string of the molecule is CCCCCCC1CCC(CCC2CCC(c3ccc(OC(F)C(F)(F)F)cc3)CC2)CC1. The Labute approximate surface area is 197 Å². The number of benzene rings is 1. The summed E-state index contributed by atoms with van der Waals surface area (Å²) in [7, 11) is 0. The molecule has 3 rings (SSSR count). The monoisotopic (exact) mass is 470 g/mol. The van der Waals surface area contributed by atoms with Crippen molar-refractivity contribution in [2.45, 2.75) is 122 Å². The zero-order valence-corrected chi connectivity index (χ0v) is 20.2. The first-order chi connectivity index (χ1) is 15.8. The van der Waals surface area contributed by atoms with Gasteiger partial charge in [-0.15, -0.1) is 0 Å². The lowest BCUT2D eigenvalue weighted by Crippen LogP contribution is -2.29. The highest BCUT2D eigenvalue weighted by atomic mass is 19.4. The smallest absolute Gasteiger partial charge is 0.452 e. The molecule has 188 valence electrons. The quantitative estimate of drug-likeness (QED) is 0.231. The molecule has 0 radical (unpaired) electrons. The van der Waals surface area contributed by atoms with E-state index in [-0.39, 0.29) is 5.75 Å². The molecule has 2 fully saturated rings. The fraction of sp³-hybridized carbons (Fsp3) is 0.786. The van der Waals surface area contributed by atoms with Gasteiger partial charge in [-0.1, -0.05) is 89.7 Å². The van der Waals surface area contributed by atoms with Crippen molar-refractivity contribution in [2.24, 2.45) is 17.8 Å². The predicted molar refractivity (Wildman–Crippen MR) is 126 cm³/mol. The zero-order valence-electron chi connectivity index (χ0n) is 20.2. The van der Waals surface area contributed by atoms with Crippen LogP contribution >= 0.6 is 0 Å². The lowest BCUT2D eigenvalue weighted by atomic mass is 9.74. The van der Waals surface area contributed by atoms with E-state index in [2.05, 4.69) is 11.7 Å². The number of hydrogen-bond acceptors (Lipinski definition) is 1. The highest BCUT2D eigenvalue weighted by Crippen LogP contribution is 2.40. The molecule has 0 bridgehead atoms. The van der Waals surface area contributed by atoms with Crippen LogP contribution in [0.1, 0.15) is 115 Å². The first-order valence-electron chi connectivity index (χ1n) is 13.3. The van der Waals surface area contributed by atoms with Crippen molar-refractivity contribution in [3.63, 3.8) is 0 Å². The van der Waals surface area contributed by atoms with Crippen LogP contribution in [-0.4, -0.2) is 12.5 Å². The summed E-state index contributed by atoms with van der Waals surface area (Å²) in [6.07, 6.45) is 11.9. The molecule has 1 unspecified atom stereocenters. The predicted octanol–water partition coefficient (Wildman–Crippen LogP) is 9.75. The Balaban J connectivity index is 1.31. The lowest BCUT2D eigenvalue weighted by molar-refractivity contribution is -0.236. The van der Waals surface area contributed by atoms with Crippen LogP contribution in [-0.2, 0) is 0 Å². The Bertz CT molecular complexity index is 655. The molecule has 2 aliphatic carbocycles. The third-order valence-corrected chi connectivity index (χ3v) is 8.11. The maximum Gasteiger partial charge on any atom is 0.457 e. The third-order valence-electron chi connectivity index (χ3n) is 8.11. The summed E-state index contributed by atoms with van der Waals surface area (Å²) in [6, 6.07) is 6.51. The van der Waals surface area contributed by atoms with Gasteiger partial charge < -0.3 is 4.74 Å². The summed E-state index contributed by atoms with van der Waals surface area (Å²) < 4.78 is 54.3. The summed E-state index contributed by atoms with van der Waals surface area (Å²) in [4.78, 5) is 0. The van der Waals surface area contributed by atoms with Gasteiger partial charge in [-0.2, -0.15) is 17.6 Å². The van der Waals surface area contributed by atoms with Crippen molar-refractivity contribution >= 4 is 0 Å². The number of rotatable bonds is 11. The molecule has 0 saturated heterocycles. The Morgan fingerprint density at radius 3 is 1.79 bits per heavy atom. The molecule has 0 spiro atoms. The second-order valence-electron chi connectivity index (χ2n) is 10.6. The average molecular weight is 471 g/mol. The van der Waals surface area contributed by atoms with Crippen LogP contribution < -0.4 is 4.74 Å². The summed E-state index contributed by atoms with van der Waals surface area (Å²) in [5.74, 6) is 3.10. The number of hydrogen-bond donors (Lipinski definition) is 0. The summed E-state index contributed by atoms with van der Waals surface area (Å²) in [6.45, 7) is 2.28. The molecular weight excluding hydrogens is 428 g/mol. The van der Waals surface area contributed by atoms with Gasteiger partial charge in [0.2, 0.25) is 0 Å². The summed E-state index contributed by atoms with van der Waals surface area (Å²) in [5, 5.41) is 0. The van der Waals surface area contributed by atoms with Gasteiger partial charge >= 0.3 is 12.5 Å². The van der Waals surface area contributed by atoms with E-state index >= 15 is 0 Å². The van der Waals surface area contributed by atoms with Gasteiger partial charge in [-0.05, 0) is 67.1 Å². The van der Waals surface area contributed by atoms with Crippen LogP contribution in [0.5, 0.6) is 5.75 Å². The molecule has 0 amide bonds. The van der Waals surface area contributed by atoms with Crippen molar-refractivity contribution in [1.29, 1.82) is 0 Å². The Morgan fingerprint density at radius 2 is 1.27 bits per heavy atom. The molecule has 2 saturated carbocycles. The highest BCUT2D eigenvalue weighted by molar-refractivity contribution is 5.30. The summed E-state index contributed by atoms with van der Waals surface area (Å²) in [5.41, 5.74) is 1.13. The standard InChI is InChI=1S/C28H42F4O/c1-2-3-4-5-6-21-7-9-22(10-8-21)11-12-23-13-15-24(16-14-23)25-17-19-26(20-18-25)33-27(29)28(30,31)32/h17-24,27H,2-16H2,1H3. The van der Waals surface area contributed by atoms with E-state index in [1.165, 1.54) is 95.6 Å². The number of unbranched alkanes of at least 4 members (excludes halogenated alkanes) is 3. The maximum absolute atomic E-state index is 13.0. The number of alkyl halides is 4. The maximum atomic E-state index is 13.0. The van der Waals surface area contributed by atoms with Crippen LogP contribution in [0.3, 0.4) is 0 Å². The Morgan fingerprint density at radius 1 is 0.758 bits per heavy atom. The van der Waals surface area contributed by atoms with Gasteiger partial charge in [0.15, 0.2) is 0 Å². The molecular formula is C28H42F4O. The van der Waals surface area contributed by atoms with Crippen molar-refractivity contribution in [3.8, 4) is 5.75 Å². The van der Waals surface area contributed by atoms with Crippen LogP contribution in [0.4, 0.5) is 17.6 Å². The van der Waals surface area contributed by atoms with Crippen LogP contribution in [0.2, 0.25) is 0 Å². The number of halogens is 4. The fourth-order valence-corrected chi connectivity index (χ4v) is 5.93. The van der Waals surface area contributed by atoms with Crippen molar-refractivity contribution in [3.05, 3.63) is 29.8 Å². The molecule has 33 heavy (non-hydrogen) atoms. The molecule has 1 nitrogen and oxygen atoms in total. The number of ether oxygens (including phenoxy) is 1. The van der Waals surface area contributed by atoms with Crippen LogP contribution in [0.15, 0.2) is 24.3 Å². The van der Waals surface area contributed by atoms with E-state index in [0.717, 1.165) is 36.2 Å². The van der Waals surface area contributed by atoms with Gasteiger partial charge in [-0.3, -0.25) is 0 Å². The summed E-state index contributed by atoms with van der Waals surface area (Å²) >= 11 is 0. The second kappa shape index (κ2) is 13.0. The van der Waals surface area contributed by atoms with E-state index in [9.17, 15) is 17.6 Å². The fourth-order valence-electron chi connectivity index (χ4n) is 5.93. The van der Waals surface area contributed by atoms with Crippen LogP contribution in [0.25, 0.3) is 0 Å².